The fourth-order valence-corrected chi connectivity index (χ4v) is 5.60. The molecule has 1 aromatic carbocycles. The van der Waals surface area contributed by atoms with Crippen LogP contribution >= 0.6 is 0 Å². The van der Waals surface area contributed by atoms with Crippen molar-refractivity contribution >= 4 is 21.8 Å². The molecular weight excluding hydrogens is 414 g/mol. The van der Waals surface area contributed by atoms with Gasteiger partial charge in [0, 0.05) is 38.1 Å². The number of sulfonamides is 1. The van der Waals surface area contributed by atoms with Gasteiger partial charge in [0.05, 0.1) is 10.8 Å². The normalized spacial score (nSPS) is 21.2. The van der Waals surface area contributed by atoms with Gasteiger partial charge >= 0.3 is 0 Å². The number of hydrogen-bond donors (Lipinski definition) is 1. The van der Waals surface area contributed by atoms with Crippen LogP contribution in [0.15, 0.2) is 29.2 Å². The predicted octanol–water partition coefficient (Wildman–Crippen LogP) is 2.51. The number of amides is 2. The molecule has 2 heterocycles. The van der Waals surface area contributed by atoms with Crippen molar-refractivity contribution in [3.8, 4) is 0 Å². The van der Waals surface area contributed by atoms with E-state index in [1.165, 1.54) is 0 Å². The molecule has 2 amide bonds. The highest BCUT2D eigenvalue weighted by atomic mass is 32.2. The first kappa shape index (κ1) is 23.7. The minimum absolute atomic E-state index is 0.00979. The number of carbonyl (C=O) groups is 2. The van der Waals surface area contributed by atoms with E-state index in [1.54, 1.807) is 21.9 Å². The molecule has 31 heavy (non-hydrogen) atoms. The van der Waals surface area contributed by atoms with Crippen LogP contribution in [0.1, 0.15) is 59.4 Å². The molecule has 0 saturated carbocycles. The number of benzene rings is 1. The molecule has 1 atom stereocenters. The molecule has 0 aromatic heterocycles. The van der Waals surface area contributed by atoms with E-state index < -0.39 is 10.0 Å². The summed E-state index contributed by atoms with van der Waals surface area (Å²) in [5.74, 6) is -0.242. The van der Waals surface area contributed by atoms with Crippen LogP contribution in [0.5, 0.6) is 0 Å². The molecule has 0 radical (unpaired) electrons. The Hall–Kier alpha value is -1.93. The van der Waals surface area contributed by atoms with Gasteiger partial charge in [0.15, 0.2) is 0 Å². The fourth-order valence-electron chi connectivity index (χ4n) is 4.29. The lowest BCUT2D eigenvalue weighted by molar-refractivity contribution is -0.136. The summed E-state index contributed by atoms with van der Waals surface area (Å²) >= 11 is 0. The Kier molecular flexibility index (Phi) is 6.81. The zero-order valence-electron chi connectivity index (χ0n) is 19.2. The smallest absolute Gasteiger partial charge is 0.240 e. The summed E-state index contributed by atoms with van der Waals surface area (Å²) in [4.78, 5) is 28.8. The first-order valence-electron chi connectivity index (χ1n) is 11.1. The number of piperidine rings is 1. The van der Waals surface area contributed by atoms with Crippen molar-refractivity contribution in [2.24, 2.45) is 5.92 Å². The van der Waals surface area contributed by atoms with Crippen LogP contribution < -0.4 is 4.72 Å². The largest absolute Gasteiger partial charge is 0.342 e. The molecule has 2 aliphatic rings. The number of hydrogen-bond acceptors (Lipinski definition) is 4. The van der Waals surface area contributed by atoms with Crippen LogP contribution in [-0.4, -0.2) is 61.7 Å². The number of carbonyl (C=O) groups excluding carboxylic acids is 2. The second-order valence-corrected chi connectivity index (χ2v) is 11.8. The first-order chi connectivity index (χ1) is 14.4. The summed E-state index contributed by atoms with van der Waals surface area (Å²) in [6.45, 7) is 11.7. The SMILES string of the molecule is CC(C)N1CC(C(=O)N2CCC(NS(=O)(=O)c3ccc(C(C)(C)C)cc3)CC2)CC1=O. The molecule has 2 aliphatic heterocycles. The summed E-state index contributed by atoms with van der Waals surface area (Å²) in [5, 5.41) is 0. The van der Waals surface area contributed by atoms with Crippen molar-refractivity contribution in [1.29, 1.82) is 0 Å². The van der Waals surface area contributed by atoms with Crippen LogP contribution in [0.25, 0.3) is 0 Å². The number of nitrogens with one attached hydrogen (secondary N) is 1. The summed E-state index contributed by atoms with van der Waals surface area (Å²) in [7, 11) is -3.60. The Bertz CT molecular complexity index is 911. The molecular formula is C23H35N3O4S. The van der Waals surface area contributed by atoms with Gasteiger partial charge in [-0.15, -0.1) is 0 Å². The topological polar surface area (TPSA) is 86.8 Å². The van der Waals surface area contributed by atoms with Gasteiger partial charge in [-0.2, -0.15) is 0 Å². The molecule has 172 valence electrons. The summed E-state index contributed by atoms with van der Waals surface area (Å²) < 4.78 is 28.4. The Morgan fingerprint density at radius 3 is 2.16 bits per heavy atom. The van der Waals surface area contributed by atoms with Crippen molar-refractivity contribution in [2.45, 2.75) is 76.3 Å². The van der Waals surface area contributed by atoms with Crippen LogP contribution in [0.4, 0.5) is 0 Å². The lowest BCUT2D eigenvalue weighted by Gasteiger charge is -2.33. The first-order valence-corrected chi connectivity index (χ1v) is 12.6. The lowest BCUT2D eigenvalue weighted by atomic mass is 9.87. The highest BCUT2D eigenvalue weighted by molar-refractivity contribution is 7.89. The summed E-state index contributed by atoms with van der Waals surface area (Å²) in [6, 6.07) is 6.92. The third-order valence-corrected chi connectivity index (χ3v) is 7.83. The van der Waals surface area contributed by atoms with E-state index in [9.17, 15) is 18.0 Å². The Balaban J connectivity index is 1.55. The number of nitrogens with zero attached hydrogens (tertiary/aromatic N) is 2. The zero-order valence-corrected chi connectivity index (χ0v) is 20.0. The van der Waals surface area contributed by atoms with E-state index >= 15 is 0 Å². The Morgan fingerprint density at radius 2 is 1.68 bits per heavy atom. The monoisotopic (exact) mass is 449 g/mol. The number of likely N-dealkylation sites (tertiary alicyclic amines) is 2. The fraction of sp³-hybridized carbons (Fsp3) is 0.652. The minimum atomic E-state index is -3.60. The van der Waals surface area contributed by atoms with Crippen molar-refractivity contribution < 1.29 is 18.0 Å². The molecule has 2 fully saturated rings. The summed E-state index contributed by atoms with van der Waals surface area (Å²) in [6.07, 6.45) is 1.41. The Labute approximate surface area is 186 Å². The van der Waals surface area contributed by atoms with Gasteiger partial charge in [-0.1, -0.05) is 32.9 Å². The van der Waals surface area contributed by atoms with E-state index in [4.69, 9.17) is 0 Å². The highest BCUT2D eigenvalue weighted by Gasteiger charge is 2.38. The lowest BCUT2D eigenvalue weighted by Crippen LogP contribution is -2.48. The maximum atomic E-state index is 12.8. The quantitative estimate of drug-likeness (QED) is 0.748. The van der Waals surface area contributed by atoms with Crippen molar-refractivity contribution in [2.75, 3.05) is 19.6 Å². The molecule has 1 N–H and O–H groups in total. The van der Waals surface area contributed by atoms with E-state index in [1.807, 2.05) is 26.0 Å². The molecule has 0 aliphatic carbocycles. The van der Waals surface area contributed by atoms with Crippen molar-refractivity contribution in [1.82, 2.24) is 14.5 Å². The van der Waals surface area contributed by atoms with Crippen LogP contribution in [0.3, 0.4) is 0 Å². The van der Waals surface area contributed by atoms with Crippen molar-refractivity contribution in [3.63, 3.8) is 0 Å². The van der Waals surface area contributed by atoms with Crippen molar-refractivity contribution in [3.05, 3.63) is 29.8 Å². The molecule has 7 nitrogen and oxygen atoms in total. The van der Waals surface area contributed by atoms with E-state index in [0.29, 0.717) is 32.5 Å². The molecule has 1 unspecified atom stereocenters. The van der Waals surface area contributed by atoms with Crippen LogP contribution in [-0.2, 0) is 25.0 Å². The van der Waals surface area contributed by atoms with E-state index in [2.05, 4.69) is 25.5 Å². The molecule has 2 saturated heterocycles. The van der Waals surface area contributed by atoms with Gasteiger partial charge in [-0.25, -0.2) is 13.1 Å². The molecule has 1 aromatic rings. The van der Waals surface area contributed by atoms with Gasteiger partial charge in [-0.05, 0) is 49.8 Å². The summed E-state index contributed by atoms with van der Waals surface area (Å²) in [5.41, 5.74) is 1.05. The van der Waals surface area contributed by atoms with E-state index in [-0.39, 0.29) is 46.5 Å². The maximum absolute atomic E-state index is 12.8. The van der Waals surface area contributed by atoms with Crippen LogP contribution in [0, 0.1) is 5.92 Å². The molecule has 3 rings (SSSR count). The van der Waals surface area contributed by atoms with E-state index in [0.717, 1.165) is 5.56 Å². The second kappa shape index (κ2) is 8.90. The maximum Gasteiger partial charge on any atom is 0.240 e. The standard InChI is InChI=1S/C23H35N3O4S/c1-16(2)26-15-17(14-21(26)27)22(28)25-12-10-19(11-13-25)24-31(29,30)20-8-6-18(7-9-20)23(3,4)5/h6-9,16-17,19,24H,10-15H2,1-5H3. The Morgan fingerprint density at radius 1 is 1.10 bits per heavy atom. The molecule has 0 bridgehead atoms. The van der Waals surface area contributed by atoms with Crippen LogP contribution in [0.2, 0.25) is 0 Å². The van der Waals surface area contributed by atoms with Gasteiger partial charge < -0.3 is 9.80 Å². The average molecular weight is 450 g/mol. The minimum Gasteiger partial charge on any atom is -0.342 e. The predicted molar refractivity (Wildman–Crippen MR) is 120 cm³/mol. The third kappa shape index (κ3) is 5.47. The zero-order chi connectivity index (χ0) is 23.0. The number of rotatable bonds is 5. The van der Waals surface area contributed by atoms with Gasteiger partial charge in [0.2, 0.25) is 21.8 Å². The van der Waals surface area contributed by atoms with Gasteiger partial charge in [0.1, 0.15) is 0 Å². The third-order valence-electron chi connectivity index (χ3n) is 6.29. The highest BCUT2D eigenvalue weighted by Crippen LogP contribution is 2.25. The van der Waals surface area contributed by atoms with Gasteiger partial charge in [-0.3, -0.25) is 9.59 Å². The second-order valence-electron chi connectivity index (χ2n) is 10.0. The molecule has 8 heteroatoms. The molecule has 0 spiro atoms. The average Bonchev–Trinajstić information content (AvgIpc) is 3.09. The van der Waals surface area contributed by atoms with Gasteiger partial charge in [0.25, 0.3) is 0 Å².